The third-order valence-corrected chi connectivity index (χ3v) is 13.9. The minimum absolute atomic E-state index is 0.0622. The summed E-state index contributed by atoms with van der Waals surface area (Å²) in [5.74, 6) is 1.22. The molecule has 0 saturated heterocycles. The highest BCUT2D eigenvalue weighted by Gasteiger charge is 2.33. The van der Waals surface area contributed by atoms with Crippen LogP contribution in [0, 0.1) is 0 Å². The van der Waals surface area contributed by atoms with Crippen molar-refractivity contribution in [3.63, 3.8) is 0 Å². The number of ether oxygens (including phenoxy) is 1. The molecule has 69 heavy (non-hydrogen) atoms. The molecule has 13 rings (SSSR count). The Balaban J connectivity index is 0.784. The van der Waals surface area contributed by atoms with Gasteiger partial charge in [-0.25, -0.2) is 0 Å². The lowest BCUT2D eigenvalue weighted by Gasteiger charge is -2.26. The van der Waals surface area contributed by atoms with Crippen molar-refractivity contribution in [2.75, 3.05) is 4.90 Å². The third kappa shape index (κ3) is 7.61. The molecule has 2 unspecified atom stereocenters. The van der Waals surface area contributed by atoms with E-state index in [1.807, 2.05) is 18.2 Å². The maximum atomic E-state index is 6.21. The van der Waals surface area contributed by atoms with Gasteiger partial charge >= 0.3 is 0 Å². The molecule has 11 aromatic rings. The van der Waals surface area contributed by atoms with Crippen LogP contribution in [-0.4, -0.2) is 6.10 Å². The van der Waals surface area contributed by atoms with E-state index in [1.54, 1.807) is 0 Å². The maximum Gasteiger partial charge on any atom is 0.135 e. The molecule has 1 aromatic heterocycles. The van der Waals surface area contributed by atoms with Gasteiger partial charge in [0.05, 0.1) is 0 Å². The first kappa shape index (κ1) is 40.4. The molecule has 0 fully saturated rings. The van der Waals surface area contributed by atoms with Crippen LogP contribution in [0.5, 0.6) is 5.75 Å². The quantitative estimate of drug-likeness (QED) is 0.144. The minimum atomic E-state index is 0.0622. The summed E-state index contributed by atoms with van der Waals surface area (Å²) in [5.41, 5.74) is 20.6. The van der Waals surface area contributed by atoms with Crippen LogP contribution < -0.4 is 9.64 Å². The van der Waals surface area contributed by atoms with E-state index in [2.05, 4.69) is 248 Å². The second-order valence-electron chi connectivity index (χ2n) is 18.0. The summed E-state index contributed by atoms with van der Waals surface area (Å²) in [6.07, 6.45) is 6.82. The van der Waals surface area contributed by atoms with Gasteiger partial charge in [-0.05, 0) is 134 Å². The number of anilines is 3. The zero-order valence-electron chi connectivity index (χ0n) is 37.7. The molecule has 0 radical (unpaired) electrons. The number of furan rings is 1. The molecule has 2 atom stereocenters. The molecule has 3 nitrogen and oxygen atoms in total. The highest BCUT2D eigenvalue weighted by molar-refractivity contribution is 6.06. The topological polar surface area (TPSA) is 25.6 Å². The highest BCUT2D eigenvalue weighted by Crippen LogP contribution is 2.44. The van der Waals surface area contributed by atoms with Crippen LogP contribution in [0.1, 0.15) is 17.0 Å². The molecule has 10 aromatic carbocycles. The Morgan fingerprint density at radius 3 is 1.32 bits per heavy atom. The van der Waals surface area contributed by atoms with Crippen LogP contribution in [-0.2, 0) is 0 Å². The average Bonchev–Trinajstić information content (AvgIpc) is 4.00. The van der Waals surface area contributed by atoms with E-state index in [4.69, 9.17) is 9.15 Å². The molecular formula is C66H45NO2. The van der Waals surface area contributed by atoms with Gasteiger partial charge in [0.2, 0.25) is 0 Å². The van der Waals surface area contributed by atoms with E-state index in [0.717, 1.165) is 50.3 Å². The van der Waals surface area contributed by atoms with Gasteiger partial charge in [-0.2, -0.15) is 0 Å². The Bertz CT molecular complexity index is 3700. The zero-order chi connectivity index (χ0) is 45.7. The van der Waals surface area contributed by atoms with Crippen molar-refractivity contribution in [1.82, 2.24) is 0 Å². The van der Waals surface area contributed by atoms with Crippen molar-refractivity contribution in [1.29, 1.82) is 0 Å². The predicted octanol–water partition coefficient (Wildman–Crippen LogP) is 17.9. The third-order valence-electron chi connectivity index (χ3n) is 13.9. The van der Waals surface area contributed by atoms with Gasteiger partial charge in [0.15, 0.2) is 0 Å². The number of allylic oxidation sites excluding steroid dienone is 2. The van der Waals surface area contributed by atoms with Crippen molar-refractivity contribution in [2.45, 2.75) is 12.0 Å². The van der Waals surface area contributed by atoms with Crippen LogP contribution in [0.15, 0.2) is 265 Å². The summed E-state index contributed by atoms with van der Waals surface area (Å²) >= 11 is 0. The lowest BCUT2D eigenvalue weighted by molar-refractivity contribution is 0.269. The molecule has 3 heteroatoms. The van der Waals surface area contributed by atoms with Crippen molar-refractivity contribution in [3.05, 3.63) is 272 Å². The van der Waals surface area contributed by atoms with Gasteiger partial charge in [-0.15, -0.1) is 0 Å². The number of hydrogen-bond donors (Lipinski definition) is 0. The number of para-hydroxylation sites is 2. The molecule has 0 saturated carbocycles. The molecule has 1 aliphatic heterocycles. The standard InChI is InChI=1S/C66H45NO2/c1-2-8-44(9-3-1)45-14-16-46(17-15-45)49-26-34-56(35-27-49)67(57-36-28-50(29-37-57)47-18-22-52(23-19-47)54-32-40-65-61(42-54)59-10-4-6-12-63(59)68-65)58-38-30-51(31-39-58)48-20-24-53(25-21-48)55-33-41-66-62(43-55)60-11-5-7-13-64(60)69-66/h1-43,61,65H. The Morgan fingerprint density at radius 1 is 0.333 bits per heavy atom. The maximum absolute atomic E-state index is 6.21. The Hall–Kier alpha value is -8.92. The number of rotatable bonds is 9. The molecule has 0 spiro atoms. The number of benzene rings is 10. The number of hydrogen-bond acceptors (Lipinski definition) is 3. The second-order valence-corrected chi connectivity index (χ2v) is 18.0. The zero-order valence-corrected chi connectivity index (χ0v) is 37.7. The lowest BCUT2D eigenvalue weighted by atomic mass is 9.87. The SMILES string of the molecule is C1=CC2Oc3ccccc3C2C=C1c1ccc(-c2ccc(N(c3ccc(-c4ccc(-c5ccccc5)cc4)cc3)c3ccc(-c4ccc(-c5ccc6oc7ccccc7c6c5)cc4)cc3)cc2)cc1. The fourth-order valence-electron chi connectivity index (χ4n) is 10.2. The largest absolute Gasteiger partial charge is 0.485 e. The summed E-state index contributed by atoms with van der Waals surface area (Å²) in [7, 11) is 0. The first-order valence-corrected chi connectivity index (χ1v) is 23.7. The average molecular weight is 884 g/mol. The van der Waals surface area contributed by atoms with Crippen LogP contribution in [0.4, 0.5) is 17.1 Å². The first-order chi connectivity index (χ1) is 34.1. The molecule has 2 aliphatic rings. The normalized spacial score (nSPS) is 14.8. The van der Waals surface area contributed by atoms with E-state index >= 15 is 0 Å². The predicted molar refractivity (Wildman–Crippen MR) is 286 cm³/mol. The first-order valence-electron chi connectivity index (χ1n) is 23.7. The van der Waals surface area contributed by atoms with Gasteiger partial charge in [-0.1, -0.05) is 194 Å². The Morgan fingerprint density at radius 2 is 0.754 bits per heavy atom. The molecule has 0 N–H and O–H groups in total. The van der Waals surface area contributed by atoms with Gasteiger partial charge < -0.3 is 14.1 Å². The second kappa shape index (κ2) is 17.1. The summed E-state index contributed by atoms with van der Waals surface area (Å²) < 4.78 is 12.3. The van der Waals surface area contributed by atoms with E-state index < -0.39 is 0 Å². The smallest absolute Gasteiger partial charge is 0.135 e. The van der Waals surface area contributed by atoms with Gasteiger partial charge in [0, 0.05) is 39.3 Å². The Labute approximate surface area is 402 Å². The fourth-order valence-corrected chi connectivity index (χ4v) is 10.2. The highest BCUT2D eigenvalue weighted by atomic mass is 16.5. The van der Waals surface area contributed by atoms with Crippen LogP contribution in [0.2, 0.25) is 0 Å². The summed E-state index contributed by atoms with van der Waals surface area (Å²) in [4.78, 5) is 2.35. The van der Waals surface area contributed by atoms with Crippen LogP contribution in [0.25, 0.3) is 83.1 Å². The fraction of sp³-hybridized carbons (Fsp3) is 0.0303. The molecule has 0 bridgehead atoms. The number of nitrogens with zero attached hydrogens (tertiary/aromatic N) is 1. The van der Waals surface area contributed by atoms with Crippen molar-refractivity contribution in [3.8, 4) is 61.4 Å². The molecule has 0 amide bonds. The molecule has 1 aliphatic carbocycles. The van der Waals surface area contributed by atoms with E-state index in [9.17, 15) is 0 Å². The molecular weight excluding hydrogens is 839 g/mol. The van der Waals surface area contributed by atoms with E-state index in [1.165, 1.54) is 66.8 Å². The summed E-state index contributed by atoms with van der Waals surface area (Å²) in [6.45, 7) is 0. The lowest BCUT2D eigenvalue weighted by Crippen LogP contribution is -2.16. The van der Waals surface area contributed by atoms with Gasteiger partial charge in [-0.3, -0.25) is 0 Å². The van der Waals surface area contributed by atoms with Crippen molar-refractivity contribution in [2.24, 2.45) is 0 Å². The van der Waals surface area contributed by atoms with E-state index in [-0.39, 0.29) is 12.0 Å². The van der Waals surface area contributed by atoms with E-state index in [0.29, 0.717) is 0 Å². The van der Waals surface area contributed by atoms with Crippen LogP contribution in [0.3, 0.4) is 0 Å². The van der Waals surface area contributed by atoms with Crippen LogP contribution >= 0.6 is 0 Å². The van der Waals surface area contributed by atoms with Crippen molar-refractivity contribution >= 4 is 44.6 Å². The summed E-state index contributed by atoms with van der Waals surface area (Å²) in [5, 5.41) is 2.28. The van der Waals surface area contributed by atoms with Crippen molar-refractivity contribution < 1.29 is 9.15 Å². The number of fused-ring (bicyclic) bond motifs is 6. The summed E-state index contributed by atoms with van der Waals surface area (Å²) in [6, 6.07) is 87.1. The molecule has 326 valence electrons. The minimum Gasteiger partial charge on any atom is -0.485 e. The monoisotopic (exact) mass is 883 g/mol. The van der Waals surface area contributed by atoms with Gasteiger partial charge in [0.1, 0.15) is 23.0 Å². The van der Waals surface area contributed by atoms with Gasteiger partial charge in [0.25, 0.3) is 0 Å². The Kier molecular flexibility index (Phi) is 9.98. The molecule has 2 heterocycles.